The summed E-state index contributed by atoms with van der Waals surface area (Å²) in [5.41, 5.74) is -3.54. The van der Waals surface area contributed by atoms with Crippen molar-refractivity contribution in [1.29, 1.82) is 0 Å². The molecule has 142 valence electrons. The van der Waals surface area contributed by atoms with Crippen molar-refractivity contribution in [2.75, 3.05) is 0 Å². The molecule has 0 heterocycles. The summed E-state index contributed by atoms with van der Waals surface area (Å²) >= 11 is 0. The largest absolute Gasteiger partial charge is 0.481 e. The molecule has 25 heavy (non-hydrogen) atoms. The molecular formula is C17H28N2O6. The van der Waals surface area contributed by atoms with Crippen molar-refractivity contribution < 1.29 is 19.7 Å². The van der Waals surface area contributed by atoms with E-state index in [-0.39, 0.29) is 25.0 Å². The van der Waals surface area contributed by atoms with Crippen molar-refractivity contribution >= 4 is 5.97 Å². The molecule has 0 saturated carbocycles. The average Bonchev–Trinajstić information content (AvgIpc) is 2.49. The predicted molar refractivity (Wildman–Crippen MR) is 92.3 cm³/mol. The van der Waals surface area contributed by atoms with Gasteiger partial charge in [0.2, 0.25) is 5.54 Å². The monoisotopic (exact) mass is 356 g/mol. The maximum Gasteiger partial charge on any atom is 0.314 e. The van der Waals surface area contributed by atoms with E-state index >= 15 is 0 Å². The summed E-state index contributed by atoms with van der Waals surface area (Å²) in [5.74, 6) is -0.600. The number of aliphatic carboxylic acids is 1. The lowest BCUT2D eigenvalue weighted by Gasteiger charge is -2.35. The molecule has 1 aliphatic carbocycles. The predicted octanol–water partition coefficient (Wildman–Crippen LogP) is 4.04. The van der Waals surface area contributed by atoms with Gasteiger partial charge in [0, 0.05) is 24.3 Å². The number of carboxylic acid groups (broad SMARTS) is 1. The van der Waals surface area contributed by atoms with E-state index in [4.69, 9.17) is 0 Å². The van der Waals surface area contributed by atoms with E-state index in [0.29, 0.717) is 12.3 Å². The molecule has 0 aromatic heterocycles. The van der Waals surface area contributed by atoms with Gasteiger partial charge in [0.05, 0.1) is 10.3 Å². The van der Waals surface area contributed by atoms with E-state index in [1.165, 1.54) is 6.92 Å². The minimum absolute atomic E-state index is 0.185. The molecule has 8 heteroatoms. The Labute approximate surface area is 147 Å². The van der Waals surface area contributed by atoms with Crippen molar-refractivity contribution in [1.82, 2.24) is 0 Å². The van der Waals surface area contributed by atoms with Gasteiger partial charge in [0.25, 0.3) is 5.70 Å². The zero-order valence-electron chi connectivity index (χ0n) is 15.2. The highest BCUT2D eigenvalue weighted by Crippen LogP contribution is 2.45. The number of unbranched alkanes of at least 4 members (excludes halogenated alkanes) is 3. The average molecular weight is 356 g/mol. The minimum atomic E-state index is -1.63. The molecule has 0 aromatic rings. The zero-order chi connectivity index (χ0) is 19.3. The summed E-state index contributed by atoms with van der Waals surface area (Å²) in [6.07, 6.45) is 5.29. The summed E-state index contributed by atoms with van der Waals surface area (Å²) in [6.45, 7) is 5.58. The summed E-state index contributed by atoms with van der Waals surface area (Å²) in [5, 5.41) is 32.3. The molecule has 0 fully saturated rings. The molecule has 1 rings (SSSR count). The van der Waals surface area contributed by atoms with Crippen molar-refractivity contribution in [3.05, 3.63) is 32.0 Å². The van der Waals surface area contributed by atoms with Crippen LogP contribution in [0.5, 0.6) is 0 Å². The highest BCUT2D eigenvalue weighted by atomic mass is 16.6. The van der Waals surface area contributed by atoms with Gasteiger partial charge in [0.1, 0.15) is 6.42 Å². The van der Waals surface area contributed by atoms with Gasteiger partial charge in [-0.1, -0.05) is 46.0 Å². The van der Waals surface area contributed by atoms with Gasteiger partial charge < -0.3 is 5.11 Å². The highest BCUT2D eigenvalue weighted by Gasteiger charge is 2.55. The molecule has 8 nitrogen and oxygen atoms in total. The Balaban J connectivity index is 2.90. The van der Waals surface area contributed by atoms with Crippen LogP contribution in [0.15, 0.2) is 11.8 Å². The summed E-state index contributed by atoms with van der Waals surface area (Å²) in [6, 6.07) is 0. The number of hydrogen-bond acceptors (Lipinski definition) is 5. The molecule has 1 N–H and O–H groups in total. The van der Waals surface area contributed by atoms with Crippen LogP contribution in [0.2, 0.25) is 0 Å². The fraction of sp³-hybridized carbons (Fsp3) is 0.824. The van der Waals surface area contributed by atoms with Gasteiger partial charge in [-0.05, 0) is 12.3 Å². The zero-order valence-corrected chi connectivity index (χ0v) is 15.2. The lowest BCUT2D eigenvalue weighted by molar-refractivity contribution is -0.576. The van der Waals surface area contributed by atoms with Crippen LogP contribution in [-0.2, 0) is 4.79 Å². The topological polar surface area (TPSA) is 124 Å². The smallest absolute Gasteiger partial charge is 0.314 e. The summed E-state index contributed by atoms with van der Waals surface area (Å²) in [7, 11) is 0. The Hall–Kier alpha value is -1.99. The molecule has 0 amide bonds. The molecule has 1 aliphatic rings. The van der Waals surface area contributed by atoms with E-state index in [9.17, 15) is 30.1 Å². The maximum absolute atomic E-state index is 11.9. The molecule has 0 saturated heterocycles. The molecular weight excluding hydrogens is 328 g/mol. The molecule has 2 atom stereocenters. The summed E-state index contributed by atoms with van der Waals surface area (Å²) in [4.78, 5) is 33.2. The number of carbonyl (C=O) groups is 1. The number of rotatable bonds is 10. The normalized spacial score (nSPS) is 26.3. The van der Waals surface area contributed by atoms with Crippen LogP contribution in [0.4, 0.5) is 0 Å². The fourth-order valence-electron chi connectivity index (χ4n) is 3.55. The van der Waals surface area contributed by atoms with Crippen LogP contribution in [0.25, 0.3) is 0 Å². The van der Waals surface area contributed by atoms with Gasteiger partial charge in [-0.15, -0.1) is 0 Å². The van der Waals surface area contributed by atoms with E-state index in [0.717, 1.165) is 31.8 Å². The second-order valence-corrected chi connectivity index (χ2v) is 7.81. The van der Waals surface area contributed by atoms with Crippen LogP contribution in [0.3, 0.4) is 0 Å². The van der Waals surface area contributed by atoms with Crippen molar-refractivity contribution in [2.45, 2.75) is 77.7 Å². The van der Waals surface area contributed by atoms with Gasteiger partial charge in [-0.2, -0.15) is 0 Å². The Kier molecular flexibility index (Phi) is 7.07. The van der Waals surface area contributed by atoms with E-state index in [2.05, 4.69) is 13.8 Å². The molecule has 0 spiro atoms. The number of nitrogens with zero attached hydrogens (tertiary/aromatic N) is 2. The Morgan fingerprint density at radius 1 is 1.24 bits per heavy atom. The second kappa shape index (κ2) is 8.40. The van der Waals surface area contributed by atoms with Crippen LogP contribution in [-0.4, -0.2) is 26.5 Å². The fourth-order valence-corrected chi connectivity index (χ4v) is 3.55. The van der Waals surface area contributed by atoms with Crippen LogP contribution < -0.4 is 0 Å². The van der Waals surface area contributed by atoms with E-state index in [1.807, 2.05) is 0 Å². The first kappa shape index (κ1) is 21.1. The third-order valence-corrected chi connectivity index (χ3v) is 4.96. The number of carboxylic acids is 1. The SMILES string of the molecule is CC(C)CCCCCCC1(C(=O)O)C=C([N+](=O)[O-])CC(C)([N+](=O)[O-])C1. The molecule has 0 bridgehead atoms. The Bertz CT molecular complexity index is 559. The van der Waals surface area contributed by atoms with E-state index in [1.54, 1.807) is 0 Å². The minimum Gasteiger partial charge on any atom is -0.481 e. The lowest BCUT2D eigenvalue weighted by Crippen LogP contribution is -2.48. The summed E-state index contributed by atoms with van der Waals surface area (Å²) < 4.78 is 0. The first-order valence-electron chi connectivity index (χ1n) is 8.76. The first-order valence-corrected chi connectivity index (χ1v) is 8.76. The third kappa shape index (κ3) is 5.51. The molecule has 0 aliphatic heterocycles. The van der Waals surface area contributed by atoms with Crippen LogP contribution in [0, 0.1) is 31.6 Å². The standard InChI is InChI=1S/C17H28N2O6/c1-13(2)8-6-4-5-7-9-17(15(20)21)11-14(18(22)23)10-16(3,12-17)19(24)25/h11,13H,4-10,12H2,1-3H3,(H,20,21). The van der Waals surface area contributed by atoms with Gasteiger partial charge in [-0.25, -0.2) is 0 Å². The van der Waals surface area contributed by atoms with Crippen LogP contribution in [0.1, 0.15) is 72.1 Å². The Morgan fingerprint density at radius 2 is 1.84 bits per heavy atom. The Morgan fingerprint density at radius 3 is 2.32 bits per heavy atom. The van der Waals surface area contributed by atoms with Crippen molar-refractivity contribution in [3.8, 4) is 0 Å². The van der Waals surface area contributed by atoms with Crippen molar-refractivity contribution in [3.63, 3.8) is 0 Å². The molecule has 0 aromatic carbocycles. The van der Waals surface area contributed by atoms with Crippen LogP contribution >= 0.6 is 0 Å². The van der Waals surface area contributed by atoms with E-state index < -0.39 is 26.8 Å². The lowest BCUT2D eigenvalue weighted by atomic mass is 9.67. The first-order chi connectivity index (χ1) is 11.5. The molecule has 0 radical (unpaired) electrons. The van der Waals surface area contributed by atoms with Gasteiger partial charge in [-0.3, -0.25) is 25.0 Å². The molecule has 2 unspecified atom stereocenters. The number of nitro groups is 2. The number of hydrogen-bond donors (Lipinski definition) is 1. The van der Waals surface area contributed by atoms with Gasteiger partial charge >= 0.3 is 5.97 Å². The quantitative estimate of drug-likeness (QED) is 0.358. The second-order valence-electron chi connectivity index (χ2n) is 7.81. The van der Waals surface area contributed by atoms with Crippen molar-refractivity contribution in [2.24, 2.45) is 11.3 Å². The highest BCUT2D eigenvalue weighted by molar-refractivity contribution is 5.77. The van der Waals surface area contributed by atoms with Gasteiger partial charge in [0.15, 0.2) is 0 Å². The third-order valence-electron chi connectivity index (χ3n) is 4.96. The maximum atomic E-state index is 11.9.